The summed E-state index contributed by atoms with van der Waals surface area (Å²) >= 11 is 0. The summed E-state index contributed by atoms with van der Waals surface area (Å²) in [7, 11) is -10.8. The fourth-order valence-corrected chi connectivity index (χ4v) is 0. The molecule has 0 fully saturated rings. The normalized spacial score (nSPS) is 4.21. The molecule has 0 aliphatic carbocycles. The molecule has 0 unspecified atom stereocenters. The molecular weight excluding hydrogens is 758 g/mol. The van der Waals surface area contributed by atoms with Gasteiger partial charge in [0.15, 0.2) is 0 Å². The minimum absolute atomic E-state index is 0. The van der Waals surface area contributed by atoms with Gasteiger partial charge in [0.05, 0.1) is 0 Å². The Morgan fingerprint density at radius 1 is 0.321 bits per heavy atom. The van der Waals surface area contributed by atoms with Crippen molar-refractivity contribution in [3.8, 4) is 0 Å². The topological polar surface area (TPSA) is 172 Å². The summed E-state index contributed by atoms with van der Waals surface area (Å²) in [5.41, 5.74) is 0. The SMILES string of the molecule is O=P([O-])([O-])[O-].O=P([O-])([O-])[O-].[Ca+2].[Ca+2].[Ca+2].[CaH2].[CaH2].[CaH2].[CaH2].[CaH2].[CaH2].[NaH].[NaH].[NaH].[NaH].[NaH].[NaH].[NaH].[NaH].[NaH]. The Kier molecular flexibility index (Phi) is 468. The average Bonchev–Trinajstić information content (AvgIpc) is 1.12. The van der Waals surface area contributed by atoms with Crippen molar-refractivity contribution < 1.29 is 38.5 Å². The van der Waals surface area contributed by atoms with E-state index in [1.54, 1.807) is 0 Å². The van der Waals surface area contributed by atoms with Gasteiger partial charge < -0.3 is 38.5 Å². The third kappa shape index (κ3) is 229. The zero-order valence-corrected chi connectivity index (χ0v) is 14.7. The van der Waals surface area contributed by atoms with Crippen LogP contribution in [-0.4, -0.2) is 606 Å². The van der Waals surface area contributed by atoms with E-state index >= 15 is 0 Å². The van der Waals surface area contributed by atoms with E-state index in [0.717, 1.165) is 0 Å². The van der Waals surface area contributed by atoms with Crippen LogP contribution in [-0.2, 0) is 9.13 Å². The Morgan fingerprint density at radius 2 is 0.321 bits per heavy atom. The Balaban J connectivity index is -0.00000000155. The van der Waals surface area contributed by atoms with E-state index < -0.39 is 15.6 Å². The predicted molar refractivity (Wildman–Crippen MR) is 148 cm³/mol. The van der Waals surface area contributed by atoms with Crippen LogP contribution >= 0.6 is 15.6 Å². The van der Waals surface area contributed by atoms with E-state index in [9.17, 15) is 0 Å². The van der Waals surface area contributed by atoms with E-state index in [0.29, 0.717) is 0 Å². The molecule has 0 saturated heterocycles. The Morgan fingerprint density at radius 3 is 0.321 bits per heavy atom. The summed E-state index contributed by atoms with van der Waals surface area (Å²) in [5.74, 6) is 0. The maximum absolute atomic E-state index is 8.55. The Labute approximate surface area is 636 Å². The second kappa shape index (κ2) is 97.3. The van der Waals surface area contributed by atoms with Crippen LogP contribution in [0.4, 0.5) is 0 Å². The molecule has 8 nitrogen and oxygen atoms in total. The quantitative estimate of drug-likeness (QED) is 0.172. The third-order valence-corrected chi connectivity index (χ3v) is 0. The molecule has 0 aromatic heterocycles. The molecule has 0 spiro atoms. The van der Waals surface area contributed by atoms with Gasteiger partial charge in [-0.3, -0.25) is 0 Å². The van der Waals surface area contributed by atoms with Crippen molar-refractivity contribution in [3.05, 3.63) is 0 Å². The summed E-state index contributed by atoms with van der Waals surface area (Å²) in [4.78, 5) is 51.3. The van der Waals surface area contributed by atoms with Crippen molar-refractivity contribution in [2.24, 2.45) is 0 Å². The first-order chi connectivity index (χ1) is 4.00. The van der Waals surface area contributed by atoms with Gasteiger partial charge in [0.1, 0.15) is 0 Å². The van der Waals surface area contributed by atoms with Gasteiger partial charge in [-0.05, 0) is 0 Å². The molecule has 0 aliphatic rings. The molecule has 0 amide bonds. The zero-order valence-electron chi connectivity index (χ0n) is 6.28. The molecular formula is H21Ca9Na9O8P2. The molecule has 0 aliphatic heterocycles. The summed E-state index contributed by atoms with van der Waals surface area (Å²) in [6, 6.07) is 0. The molecule has 0 radical (unpaired) electrons. The first-order valence-electron chi connectivity index (χ1n) is 1.46. The van der Waals surface area contributed by atoms with Crippen LogP contribution in [0.2, 0.25) is 0 Å². The summed E-state index contributed by atoms with van der Waals surface area (Å²) < 4.78 is 17.1. The number of phosphoric acid groups is 2. The van der Waals surface area contributed by atoms with Gasteiger partial charge in [0.2, 0.25) is 0 Å². The molecule has 28 heavy (non-hydrogen) atoms. The van der Waals surface area contributed by atoms with Gasteiger partial charge in [-0.15, -0.1) is 0 Å². The predicted octanol–water partition coefficient (Wildman–Crippen LogP) is -18.1. The molecule has 0 heterocycles. The standard InChI is InChI=1S/9Ca.9Na.2H3O4P.21H/c;;;;;;;;;;;;;;;;;;2*1-5(2,3)4;;;;;;;;;;;;;;;;;;;;;/h;;;;;;;;;;;;;;;;;;2*(H3,1,2,3,4);;;;;;;;;;;;;;;;;;;;;/q;;;;;;3*+2;;;;;;;;;;;;;;;;;;;;;;;;;;;;;;;;/p-6. The van der Waals surface area contributed by atoms with Crippen molar-refractivity contribution in [3.63, 3.8) is 0 Å². The molecule has 0 aromatic carbocycles. The summed E-state index contributed by atoms with van der Waals surface area (Å²) in [6.07, 6.45) is 0. The summed E-state index contributed by atoms with van der Waals surface area (Å²) in [5, 5.41) is 0. The van der Waals surface area contributed by atoms with E-state index in [1.807, 2.05) is 0 Å². The maximum atomic E-state index is 8.55. The van der Waals surface area contributed by atoms with Crippen LogP contribution in [0.25, 0.3) is 0 Å². The van der Waals surface area contributed by atoms with Crippen LogP contribution in [0.15, 0.2) is 0 Å². The molecule has 0 bridgehead atoms. The van der Waals surface area contributed by atoms with Gasteiger partial charge in [0.25, 0.3) is 0 Å². The van der Waals surface area contributed by atoms with E-state index in [4.69, 9.17) is 38.5 Å². The van der Waals surface area contributed by atoms with Crippen molar-refractivity contribution in [1.82, 2.24) is 0 Å². The fourth-order valence-electron chi connectivity index (χ4n) is 0. The molecule has 0 saturated carbocycles. The van der Waals surface area contributed by atoms with Crippen LogP contribution in [0.3, 0.4) is 0 Å². The zero-order chi connectivity index (χ0) is 9.00. The second-order valence-corrected chi connectivity index (χ2v) is 2.68. The van der Waals surface area contributed by atoms with Gasteiger partial charge in [0, 0.05) is 0 Å². The fraction of sp³-hybridized carbons (Fsp3) is 0. The third-order valence-electron chi connectivity index (χ3n) is 0. The molecule has 0 atom stereocenters. The molecule has 0 rings (SSSR count). The van der Waals surface area contributed by atoms with Gasteiger partial charge in [-0.2, -0.15) is 15.6 Å². The Hall–Kier alpha value is 20.6. The van der Waals surface area contributed by atoms with Crippen LogP contribution < -0.4 is 29.4 Å². The van der Waals surface area contributed by atoms with E-state index in [1.165, 1.54) is 0 Å². The number of rotatable bonds is 0. The monoisotopic (exact) mass is 778 g/mol. The van der Waals surface area contributed by atoms with Gasteiger partial charge >= 0.3 is 606 Å². The van der Waals surface area contributed by atoms with Crippen molar-refractivity contribution in [1.29, 1.82) is 0 Å². The Bertz CT molecular complexity index is 164. The first-order valence-corrected chi connectivity index (χ1v) is 4.38. The van der Waals surface area contributed by atoms with Crippen LogP contribution in [0, 0.1) is 0 Å². The van der Waals surface area contributed by atoms with E-state index in [2.05, 4.69) is 0 Å². The molecule has 106 valence electrons. The van der Waals surface area contributed by atoms with E-state index in [-0.39, 0.29) is 606 Å². The minimum atomic E-state index is -5.39. The van der Waals surface area contributed by atoms with Gasteiger partial charge in [-0.25, -0.2) is 0 Å². The van der Waals surface area contributed by atoms with Crippen LogP contribution in [0.1, 0.15) is 0 Å². The second-order valence-electron chi connectivity index (χ2n) is 0.894. The summed E-state index contributed by atoms with van der Waals surface area (Å²) in [6.45, 7) is 0. The van der Waals surface area contributed by atoms with Crippen molar-refractivity contribution >= 4 is 621 Å². The molecule has 0 aromatic rings. The van der Waals surface area contributed by atoms with Gasteiger partial charge in [-0.1, -0.05) is 0 Å². The molecule has 28 heteroatoms. The first kappa shape index (κ1) is 135. The number of hydrogen-bond acceptors (Lipinski definition) is 8. The van der Waals surface area contributed by atoms with Crippen LogP contribution in [0.5, 0.6) is 0 Å². The van der Waals surface area contributed by atoms with Crippen molar-refractivity contribution in [2.45, 2.75) is 0 Å². The van der Waals surface area contributed by atoms with Crippen molar-refractivity contribution in [2.75, 3.05) is 0 Å². The molecule has 0 N–H and O–H groups in total. The number of hydrogen-bond donors (Lipinski definition) is 0. The average molecular weight is 779 g/mol.